The van der Waals surface area contributed by atoms with Crippen molar-refractivity contribution < 1.29 is 23.5 Å². The van der Waals surface area contributed by atoms with Crippen LogP contribution in [0.3, 0.4) is 0 Å². The maximum absolute atomic E-state index is 14.1. The highest BCUT2D eigenvalue weighted by Crippen LogP contribution is 2.35. The van der Waals surface area contributed by atoms with Crippen LogP contribution >= 0.6 is 0 Å². The topological polar surface area (TPSA) is 102 Å². The minimum absolute atomic E-state index is 0.140. The summed E-state index contributed by atoms with van der Waals surface area (Å²) in [5, 5.41) is 25.0. The van der Waals surface area contributed by atoms with Gasteiger partial charge in [-0.2, -0.15) is 5.26 Å². The number of fused-ring (bicyclic) bond motifs is 1. The van der Waals surface area contributed by atoms with E-state index >= 15 is 0 Å². The second-order valence-electron chi connectivity index (χ2n) is 8.27. The Morgan fingerprint density at radius 3 is 2.82 bits per heavy atom. The van der Waals surface area contributed by atoms with Crippen molar-refractivity contribution in [2.24, 2.45) is 17.8 Å². The number of nitrogens with one attached hydrogen (secondary N) is 2. The lowest BCUT2D eigenvalue weighted by atomic mass is 9.72. The van der Waals surface area contributed by atoms with Crippen LogP contribution in [0.15, 0.2) is 11.6 Å². The number of halogens is 2. The summed E-state index contributed by atoms with van der Waals surface area (Å²) in [4.78, 5) is 24.7. The lowest BCUT2D eigenvalue weighted by Gasteiger charge is -2.39. The lowest BCUT2D eigenvalue weighted by molar-refractivity contribution is -0.125. The molecule has 2 saturated carbocycles. The maximum Gasteiger partial charge on any atom is 0.247 e. The van der Waals surface area contributed by atoms with Crippen LogP contribution in [0.25, 0.3) is 0 Å². The zero-order valence-corrected chi connectivity index (χ0v) is 15.9. The number of hydrogen-bond donors (Lipinski definition) is 3. The molecule has 8 atom stereocenters. The SMILES string of the molecule is C[C@H](NC(=O)CC1=CC2C(CCC(O)C2C#N)NC1=O)C1CCC(F)CC1F. The van der Waals surface area contributed by atoms with Crippen molar-refractivity contribution >= 4 is 11.8 Å². The van der Waals surface area contributed by atoms with Crippen LogP contribution in [-0.4, -0.2) is 47.5 Å². The number of amides is 2. The monoisotopic (exact) mass is 395 g/mol. The molecule has 0 spiro atoms. The minimum atomic E-state index is -1.29. The van der Waals surface area contributed by atoms with Crippen LogP contribution in [0.4, 0.5) is 8.78 Å². The molecule has 6 nitrogen and oxygen atoms in total. The fourth-order valence-electron chi connectivity index (χ4n) is 4.74. The van der Waals surface area contributed by atoms with Gasteiger partial charge >= 0.3 is 0 Å². The second-order valence-corrected chi connectivity index (χ2v) is 8.27. The summed E-state index contributed by atoms with van der Waals surface area (Å²) < 4.78 is 27.4. The van der Waals surface area contributed by atoms with E-state index in [1.807, 2.05) is 0 Å². The predicted molar refractivity (Wildman–Crippen MR) is 97.2 cm³/mol. The number of hydrogen-bond acceptors (Lipinski definition) is 4. The molecule has 2 aliphatic carbocycles. The van der Waals surface area contributed by atoms with Gasteiger partial charge in [-0.15, -0.1) is 0 Å². The molecule has 0 bridgehead atoms. The third-order valence-electron chi connectivity index (χ3n) is 6.36. The number of aliphatic hydroxyl groups excluding tert-OH is 1. The van der Waals surface area contributed by atoms with E-state index < -0.39 is 42.2 Å². The zero-order valence-electron chi connectivity index (χ0n) is 15.9. The zero-order chi connectivity index (χ0) is 20.4. The number of carbonyl (C=O) groups excluding carboxylic acids is 2. The average molecular weight is 395 g/mol. The molecule has 3 aliphatic rings. The van der Waals surface area contributed by atoms with E-state index in [0.717, 1.165) is 0 Å². The van der Waals surface area contributed by atoms with Gasteiger partial charge in [0.2, 0.25) is 11.8 Å². The number of alkyl halides is 2. The molecule has 0 aromatic heterocycles. The molecule has 0 aromatic rings. The quantitative estimate of drug-likeness (QED) is 0.674. The number of aliphatic hydroxyl groups is 1. The van der Waals surface area contributed by atoms with Gasteiger partial charge in [0, 0.05) is 35.9 Å². The molecule has 154 valence electrons. The van der Waals surface area contributed by atoms with Crippen LogP contribution in [0.5, 0.6) is 0 Å². The number of nitrogens with zero attached hydrogens (tertiary/aromatic N) is 1. The van der Waals surface area contributed by atoms with Gasteiger partial charge in [-0.3, -0.25) is 9.59 Å². The van der Waals surface area contributed by atoms with Crippen LogP contribution in [-0.2, 0) is 9.59 Å². The Hall–Kier alpha value is -2.01. The molecule has 7 unspecified atom stereocenters. The Balaban J connectivity index is 1.63. The predicted octanol–water partition coefficient (Wildman–Crippen LogP) is 1.69. The molecule has 3 rings (SSSR count). The van der Waals surface area contributed by atoms with E-state index in [-0.39, 0.29) is 36.3 Å². The second kappa shape index (κ2) is 8.56. The van der Waals surface area contributed by atoms with E-state index in [1.54, 1.807) is 13.0 Å². The van der Waals surface area contributed by atoms with Crippen LogP contribution in [0, 0.1) is 29.1 Å². The molecule has 0 aromatic carbocycles. The van der Waals surface area contributed by atoms with Gasteiger partial charge in [-0.1, -0.05) is 6.08 Å². The van der Waals surface area contributed by atoms with E-state index in [0.29, 0.717) is 25.7 Å². The first kappa shape index (κ1) is 20.7. The summed E-state index contributed by atoms with van der Waals surface area (Å²) in [6, 6.07) is 1.43. The highest BCUT2D eigenvalue weighted by Gasteiger charge is 2.42. The molecule has 1 heterocycles. The first-order valence-corrected chi connectivity index (χ1v) is 9.97. The smallest absolute Gasteiger partial charge is 0.247 e. The fraction of sp³-hybridized carbons (Fsp3) is 0.750. The Labute approximate surface area is 163 Å². The van der Waals surface area contributed by atoms with Crippen molar-refractivity contribution in [3.8, 4) is 6.07 Å². The van der Waals surface area contributed by atoms with Crippen LogP contribution in [0.1, 0.15) is 45.4 Å². The third-order valence-corrected chi connectivity index (χ3v) is 6.36. The third kappa shape index (κ3) is 4.35. The number of carbonyl (C=O) groups is 2. The molecule has 8 heteroatoms. The van der Waals surface area contributed by atoms with E-state index in [1.165, 1.54) is 0 Å². The van der Waals surface area contributed by atoms with Gasteiger partial charge in [0.15, 0.2) is 0 Å². The summed E-state index contributed by atoms with van der Waals surface area (Å²) in [6.07, 6.45) is -0.157. The highest BCUT2D eigenvalue weighted by molar-refractivity contribution is 5.99. The van der Waals surface area contributed by atoms with Crippen molar-refractivity contribution in [2.75, 3.05) is 0 Å². The highest BCUT2D eigenvalue weighted by atomic mass is 19.1. The minimum Gasteiger partial charge on any atom is -0.392 e. The summed E-state index contributed by atoms with van der Waals surface area (Å²) in [5.41, 5.74) is 0.254. The Kier molecular flexibility index (Phi) is 6.33. The van der Waals surface area contributed by atoms with Crippen LogP contribution in [0.2, 0.25) is 0 Å². The Bertz CT molecular complexity index is 693. The molecule has 2 amide bonds. The maximum atomic E-state index is 14.1. The summed E-state index contributed by atoms with van der Waals surface area (Å²) in [6.45, 7) is 1.70. The Morgan fingerprint density at radius 2 is 2.14 bits per heavy atom. The van der Waals surface area contributed by atoms with Gasteiger partial charge in [-0.25, -0.2) is 8.78 Å². The molecule has 1 aliphatic heterocycles. The number of rotatable bonds is 4. The molecular formula is C20H27F2N3O3. The van der Waals surface area contributed by atoms with Crippen molar-refractivity contribution in [1.82, 2.24) is 10.6 Å². The molecule has 2 fully saturated rings. The Morgan fingerprint density at radius 1 is 1.39 bits per heavy atom. The van der Waals surface area contributed by atoms with E-state index in [2.05, 4.69) is 16.7 Å². The standard InChI is InChI=1S/C20H27F2N3O3/c1-10(13-3-2-12(21)8-16(13)22)24-19(27)7-11-6-14-15(9-23)18(26)5-4-17(14)25-20(11)28/h6,10,12-18,26H,2-5,7-8H2,1H3,(H,24,27)(H,25,28)/t10-,12?,13?,14?,15?,16?,17?,18?/m0/s1. The van der Waals surface area contributed by atoms with Crippen molar-refractivity contribution in [2.45, 2.75) is 76.0 Å². The molecule has 0 radical (unpaired) electrons. The first-order valence-electron chi connectivity index (χ1n) is 9.97. The number of nitriles is 1. The first-order chi connectivity index (χ1) is 13.3. The van der Waals surface area contributed by atoms with Gasteiger partial charge in [0.1, 0.15) is 12.3 Å². The van der Waals surface area contributed by atoms with E-state index in [4.69, 9.17) is 0 Å². The molecule has 0 saturated heterocycles. The van der Waals surface area contributed by atoms with Crippen molar-refractivity contribution in [1.29, 1.82) is 5.26 Å². The normalized spacial score (nSPS) is 39.0. The van der Waals surface area contributed by atoms with Gasteiger partial charge in [0.25, 0.3) is 0 Å². The average Bonchev–Trinajstić information content (AvgIpc) is 2.62. The van der Waals surface area contributed by atoms with E-state index in [9.17, 15) is 28.7 Å². The van der Waals surface area contributed by atoms with Gasteiger partial charge in [0.05, 0.1) is 24.5 Å². The summed E-state index contributed by atoms with van der Waals surface area (Å²) in [7, 11) is 0. The molecule has 3 N–H and O–H groups in total. The largest absolute Gasteiger partial charge is 0.392 e. The summed E-state index contributed by atoms with van der Waals surface area (Å²) in [5.74, 6) is -2.16. The van der Waals surface area contributed by atoms with Gasteiger partial charge < -0.3 is 15.7 Å². The van der Waals surface area contributed by atoms with Crippen molar-refractivity contribution in [3.05, 3.63) is 11.6 Å². The van der Waals surface area contributed by atoms with Crippen molar-refractivity contribution in [3.63, 3.8) is 0 Å². The van der Waals surface area contributed by atoms with Crippen LogP contribution < -0.4 is 10.6 Å². The fourth-order valence-corrected chi connectivity index (χ4v) is 4.74. The van der Waals surface area contributed by atoms with Gasteiger partial charge in [-0.05, 0) is 32.6 Å². The molecule has 28 heavy (non-hydrogen) atoms. The molecular weight excluding hydrogens is 368 g/mol. The summed E-state index contributed by atoms with van der Waals surface area (Å²) >= 11 is 0. The lowest BCUT2D eigenvalue weighted by Crippen LogP contribution is -2.52.